The number of nitrogens with zero attached hydrogens (tertiary/aromatic N) is 12. The number of benzene rings is 1. The molecule has 4 unspecified atom stereocenters. The standard InChI is InChI=1S/C19H23FN12O3/c20-16-17(28-32-24)19(15-12(27-31-23)6-11(26-30-22)7-13(15)33)35-14(8-25-29-21)18(16)34-9-10-4-2-1-3-5-10/h1-5,11-19,33H,6-9H2/t11?,12?,13-,14-,15?,16-,17?,18-,19-/m1/s1. The monoisotopic (exact) mass is 486 g/mol. The molecule has 35 heavy (non-hydrogen) atoms. The van der Waals surface area contributed by atoms with Crippen LogP contribution in [0, 0.1) is 5.92 Å². The number of hydrogen-bond donors (Lipinski definition) is 1. The number of hydrogen-bond acceptors (Lipinski definition) is 7. The normalized spacial score (nSPS) is 34.3. The fourth-order valence-corrected chi connectivity index (χ4v) is 4.70. The van der Waals surface area contributed by atoms with E-state index < -0.39 is 54.6 Å². The van der Waals surface area contributed by atoms with Crippen molar-refractivity contribution in [2.45, 2.75) is 68.2 Å². The fraction of sp³-hybridized carbons (Fsp3) is 0.684. The molecule has 1 saturated carbocycles. The highest BCUT2D eigenvalue weighted by Gasteiger charge is 2.53. The molecule has 1 N–H and O–H groups in total. The molecule has 2 aliphatic rings. The van der Waals surface area contributed by atoms with Gasteiger partial charge in [-0.25, -0.2) is 4.39 Å². The number of alkyl halides is 1. The summed E-state index contributed by atoms with van der Waals surface area (Å²) in [5, 5.41) is 25.3. The Labute approximate surface area is 198 Å². The summed E-state index contributed by atoms with van der Waals surface area (Å²) < 4.78 is 27.7. The van der Waals surface area contributed by atoms with Crippen molar-refractivity contribution >= 4 is 0 Å². The Morgan fingerprint density at radius 3 is 2.37 bits per heavy atom. The first kappa shape index (κ1) is 25.9. The van der Waals surface area contributed by atoms with Crippen LogP contribution in [0.25, 0.3) is 41.8 Å². The third kappa shape index (κ3) is 6.24. The largest absolute Gasteiger partial charge is 0.393 e. The van der Waals surface area contributed by atoms with E-state index in [1.807, 2.05) is 6.07 Å². The van der Waals surface area contributed by atoms with E-state index >= 15 is 4.39 Å². The van der Waals surface area contributed by atoms with Crippen LogP contribution < -0.4 is 0 Å². The zero-order valence-electron chi connectivity index (χ0n) is 18.4. The molecule has 0 radical (unpaired) electrons. The van der Waals surface area contributed by atoms with Crippen molar-refractivity contribution in [3.8, 4) is 0 Å². The SMILES string of the molecule is [N-]=[N+]=NC[C@H]1O[C@H](C2C(N=[N+]=[N-])CC(N=[N+]=[N-])C[C@H]2O)C(N=[N+]=[N-])[C@@H](F)[C@@H]1OCc1ccccc1. The molecule has 0 amide bonds. The number of aliphatic hydroxyl groups excluding tert-OH is 1. The van der Waals surface area contributed by atoms with Crippen LogP contribution in [0.15, 0.2) is 50.8 Å². The molecular weight excluding hydrogens is 463 g/mol. The molecule has 0 bridgehead atoms. The molecule has 1 aromatic carbocycles. The van der Waals surface area contributed by atoms with E-state index in [0.717, 1.165) is 5.56 Å². The van der Waals surface area contributed by atoms with Gasteiger partial charge in [-0.05, 0) is 40.5 Å². The van der Waals surface area contributed by atoms with Gasteiger partial charge in [-0.2, -0.15) is 0 Å². The number of azide groups is 4. The highest BCUT2D eigenvalue weighted by atomic mass is 19.1. The van der Waals surface area contributed by atoms with Crippen molar-refractivity contribution in [3.63, 3.8) is 0 Å². The van der Waals surface area contributed by atoms with Gasteiger partial charge in [0.2, 0.25) is 0 Å². The maximum absolute atomic E-state index is 15.9. The molecule has 3 rings (SSSR count). The van der Waals surface area contributed by atoms with Crippen molar-refractivity contribution in [1.82, 2.24) is 0 Å². The van der Waals surface area contributed by atoms with Gasteiger partial charge < -0.3 is 14.6 Å². The minimum absolute atomic E-state index is 0.0148. The molecule has 16 heteroatoms. The minimum atomic E-state index is -1.89. The summed E-state index contributed by atoms with van der Waals surface area (Å²) >= 11 is 0. The summed E-state index contributed by atoms with van der Waals surface area (Å²) in [5.74, 6) is -0.978. The van der Waals surface area contributed by atoms with E-state index in [-0.39, 0.29) is 26.0 Å². The van der Waals surface area contributed by atoms with Gasteiger partial charge in [0.25, 0.3) is 0 Å². The highest BCUT2D eigenvalue weighted by Crippen LogP contribution is 2.40. The van der Waals surface area contributed by atoms with Crippen molar-refractivity contribution < 1.29 is 19.0 Å². The highest BCUT2D eigenvalue weighted by molar-refractivity contribution is 5.14. The number of aliphatic hydroxyl groups is 1. The lowest BCUT2D eigenvalue weighted by molar-refractivity contribution is -0.204. The molecular formula is C19H23FN12O3. The average Bonchev–Trinajstić information content (AvgIpc) is 2.85. The lowest BCUT2D eigenvalue weighted by Crippen LogP contribution is -2.62. The molecule has 1 aliphatic heterocycles. The van der Waals surface area contributed by atoms with E-state index in [2.05, 4.69) is 40.1 Å². The molecule has 1 aromatic rings. The van der Waals surface area contributed by atoms with Crippen molar-refractivity contribution in [2.24, 2.45) is 26.4 Å². The topological polar surface area (TPSA) is 234 Å². The van der Waals surface area contributed by atoms with Gasteiger partial charge in [0.1, 0.15) is 12.3 Å². The zero-order valence-corrected chi connectivity index (χ0v) is 18.4. The Hall–Kier alpha value is -3.73. The smallest absolute Gasteiger partial charge is 0.140 e. The third-order valence-electron chi connectivity index (χ3n) is 6.18. The maximum atomic E-state index is 15.9. The van der Waals surface area contributed by atoms with Crippen molar-refractivity contribution in [3.05, 3.63) is 77.7 Å². The van der Waals surface area contributed by atoms with Crippen LogP contribution in [0.2, 0.25) is 0 Å². The lowest BCUT2D eigenvalue weighted by Gasteiger charge is -2.48. The van der Waals surface area contributed by atoms with E-state index in [4.69, 9.17) is 31.6 Å². The molecule has 184 valence electrons. The van der Waals surface area contributed by atoms with Gasteiger partial charge in [-0.1, -0.05) is 50.8 Å². The average molecular weight is 486 g/mol. The van der Waals surface area contributed by atoms with Gasteiger partial charge in [0.05, 0.1) is 37.5 Å². The summed E-state index contributed by atoms with van der Waals surface area (Å²) in [6.07, 6.45) is -6.55. The van der Waals surface area contributed by atoms with Crippen LogP contribution in [-0.2, 0) is 16.1 Å². The Balaban J connectivity index is 1.93. The summed E-state index contributed by atoms with van der Waals surface area (Å²) in [6.45, 7) is -0.261. The predicted molar refractivity (Wildman–Crippen MR) is 120 cm³/mol. The summed E-state index contributed by atoms with van der Waals surface area (Å²) in [5.41, 5.74) is 36.5. The maximum Gasteiger partial charge on any atom is 0.140 e. The molecule has 2 fully saturated rings. The van der Waals surface area contributed by atoms with Gasteiger partial charge in [-0.15, -0.1) is 0 Å². The predicted octanol–water partition coefficient (Wildman–Crippen LogP) is 4.80. The molecule has 0 aromatic heterocycles. The Bertz CT molecular complexity index is 1050. The van der Waals surface area contributed by atoms with E-state index in [0.29, 0.717) is 0 Å². The fourth-order valence-electron chi connectivity index (χ4n) is 4.70. The van der Waals surface area contributed by atoms with E-state index in [1.165, 1.54) is 0 Å². The van der Waals surface area contributed by atoms with Crippen LogP contribution in [0.3, 0.4) is 0 Å². The van der Waals surface area contributed by atoms with Crippen molar-refractivity contribution in [2.75, 3.05) is 6.54 Å². The molecule has 0 spiro atoms. The van der Waals surface area contributed by atoms with Crippen LogP contribution >= 0.6 is 0 Å². The Kier molecular flexibility index (Phi) is 9.36. The second-order valence-corrected chi connectivity index (χ2v) is 8.20. The van der Waals surface area contributed by atoms with Crippen molar-refractivity contribution in [1.29, 1.82) is 0 Å². The van der Waals surface area contributed by atoms with Gasteiger partial charge in [-0.3, -0.25) is 0 Å². The summed E-state index contributed by atoms with van der Waals surface area (Å²) in [7, 11) is 0. The second-order valence-electron chi connectivity index (χ2n) is 8.20. The molecule has 1 saturated heterocycles. The second kappa shape index (κ2) is 12.7. The first-order valence-corrected chi connectivity index (χ1v) is 10.8. The zero-order chi connectivity index (χ0) is 25.2. The lowest BCUT2D eigenvalue weighted by atomic mass is 9.73. The molecule has 1 aliphatic carbocycles. The third-order valence-corrected chi connectivity index (χ3v) is 6.18. The molecule has 15 nitrogen and oxygen atoms in total. The van der Waals surface area contributed by atoms with Crippen LogP contribution in [0.4, 0.5) is 4.39 Å². The number of halogens is 1. The number of rotatable bonds is 9. The van der Waals surface area contributed by atoms with E-state index in [9.17, 15) is 5.11 Å². The van der Waals surface area contributed by atoms with Crippen LogP contribution in [-0.4, -0.2) is 60.4 Å². The van der Waals surface area contributed by atoms with Crippen LogP contribution in [0.1, 0.15) is 18.4 Å². The first-order valence-electron chi connectivity index (χ1n) is 10.8. The Morgan fingerprint density at radius 1 is 1.00 bits per heavy atom. The van der Waals surface area contributed by atoms with Gasteiger partial charge >= 0.3 is 0 Å². The van der Waals surface area contributed by atoms with E-state index in [1.54, 1.807) is 24.3 Å². The molecule has 1 heterocycles. The Morgan fingerprint density at radius 2 is 1.71 bits per heavy atom. The van der Waals surface area contributed by atoms with Gasteiger partial charge in [0, 0.05) is 37.6 Å². The number of ether oxygens (including phenoxy) is 2. The summed E-state index contributed by atoms with van der Waals surface area (Å²) in [4.78, 5) is 11.0. The first-order chi connectivity index (χ1) is 17.0. The minimum Gasteiger partial charge on any atom is -0.393 e. The van der Waals surface area contributed by atoms with Crippen LogP contribution in [0.5, 0.6) is 0 Å². The quantitative estimate of drug-likeness (QED) is 0.294. The summed E-state index contributed by atoms with van der Waals surface area (Å²) in [6, 6.07) is 5.97. The van der Waals surface area contributed by atoms with Gasteiger partial charge in [0.15, 0.2) is 0 Å². The molecule has 9 atom stereocenters.